The number of hydrogen-bond donors (Lipinski definition) is 1. The predicted octanol–water partition coefficient (Wildman–Crippen LogP) is 3.10. The van der Waals surface area contributed by atoms with Crippen LogP contribution in [0.25, 0.3) is 10.2 Å². The molecule has 1 amide bonds. The monoisotopic (exact) mass is 328 g/mol. The summed E-state index contributed by atoms with van der Waals surface area (Å²) in [5.41, 5.74) is 1.58. The zero-order chi connectivity index (χ0) is 16.2. The molecule has 1 heterocycles. The summed E-state index contributed by atoms with van der Waals surface area (Å²) < 4.78 is 7.66. The van der Waals surface area contributed by atoms with Gasteiger partial charge in [0.2, 0.25) is 5.91 Å². The molecule has 1 aromatic heterocycles. The third kappa shape index (κ3) is 3.43. The van der Waals surface area contributed by atoms with E-state index in [0.29, 0.717) is 12.2 Å². The molecule has 0 fully saturated rings. The van der Waals surface area contributed by atoms with Crippen molar-refractivity contribution in [3.8, 4) is 5.75 Å². The van der Waals surface area contributed by atoms with Crippen molar-refractivity contribution in [3.63, 3.8) is 0 Å². The number of para-hydroxylation sites is 1. The van der Waals surface area contributed by atoms with E-state index in [9.17, 15) is 9.59 Å². The number of nitrogens with one attached hydrogen (secondary N) is 1. The number of thiazole rings is 1. The SMILES string of the molecule is COc1ccc(NC(=O)CCn2c(=O)sc3ccccc32)cc1. The second-order valence-corrected chi connectivity index (χ2v) is 6.01. The number of ether oxygens (including phenoxy) is 1. The highest BCUT2D eigenvalue weighted by Crippen LogP contribution is 2.17. The van der Waals surface area contributed by atoms with Gasteiger partial charge in [-0.15, -0.1) is 0 Å². The highest BCUT2D eigenvalue weighted by molar-refractivity contribution is 7.16. The van der Waals surface area contributed by atoms with Crippen LogP contribution in [-0.2, 0) is 11.3 Å². The van der Waals surface area contributed by atoms with Gasteiger partial charge < -0.3 is 10.1 Å². The number of anilines is 1. The minimum absolute atomic E-state index is 0.0385. The Balaban J connectivity index is 1.66. The van der Waals surface area contributed by atoms with Crippen molar-refractivity contribution in [1.29, 1.82) is 0 Å². The molecule has 1 N–H and O–H groups in total. The molecular formula is C17H16N2O3S. The van der Waals surface area contributed by atoms with Gasteiger partial charge in [0.1, 0.15) is 5.75 Å². The van der Waals surface area contributed by atoms with Crippen LogP contribution in [-0.4, -0.2) is 17.6 Å². The highest BCUT2D eigenvalue weighted by Gasteiger charge is 2.09. The zero-order valence-electron chi connectivity index (χ0n) is 12.6. The third-order valence-electron chi connectivity index (χ3n) is 3.51. The maximum Gasteiger partial charge on any atom is 0.308 e. The van der Waals surface area contributed by atoms with Gasteiger partial charge in [-0.1, -0.05) is 23.5 Å². The predicted molar refractivity (Wildman–Crippen MR) is 92.3 cm³/mol. The molecule has 5 nitrogen and oxygen atoms in total. The Labute approximate surface area is 137 Å². The minimum atomic E-state index is -0.127. The first-order chi connectivity index (χ1) is 11.2. The number of amides is 1. The molecule has 0 saturated carbocycles. The summed E-state index contributed by atoms with van der Waals surface area (Å²) in [4.78, 5) is 24.0. The molecule has 0 aliphatic heterocycles. The molecule has 6 heteroatoms. The van der Waals surface area contributed by atoms with Crippen molar-refractivity contribution in [2.75, 3.05) is 12.4 Å². The number of aryl methyl sites for hydroxylation is 1. The number of hydrogen-bond acceptors (Lipinski definition) is 4. The summed E-state index contributed by atoms with van der Waals surface area (Å²) in [6.07, 6.45) is 0.243. The molecule has 23 heavy (non-hydrogen) atoms. The molecule has 0 unspecified atom stereocenters. The molecule has 0 spiro atoms. The average Bonchev–Trinajstić information content (AvgIpc) is 2.89. The van der Waals surface area contributed by atoms with Crippen molar-refractivity contribution < 1.29 is 9.53 Å². The molecule has 0 saturated heterocycles. The van der Waals surface area contributed by atoms with Gasteiger partial charge >= 0.3 is 4.87 Å². The Hall–Kier alpha value is -2.60. The Morgan fingerprint density at radius 3 is 2.65 bits per heavy atom. The van der Waals surface area contributed by atoms with Crippen molar-refractivity contribution in [2.45, 2.75) is 13.0 Å². The van der Waals surface area contributed by atoms with Gasteiger partial charge in [0, 0.05) is 18.7 Å². The van der Waals surface area contributed by atoms with Gasteiger partial charge in [0.05, 0.1) is 17.3 Å². The van der Waals surface area contributed by atoms with Crippen LogP contribution in [0.4, 0.5) is 5.69 Å². The summed E-state index contributed by atoms with van der Waals surface area (Å²) in [6, 6.07) is 14.7. The maximum atomic E-state index is 12.1. The van der Waals surface area contributed by atoms with E-state index in [-0.39, 0.29) is 17.2 Å². The standard InChI is InChI=1S/C17H16N2O3S/c1-22-13-8-6-12(7-9-13)18-16(20)10-11-19-14-4-2-3-5-15(14)23-17(19)21/h2-9H,10-11H2,1H3,(H,18,20). The first kappa shape index (κ1) is 15.3. The van der Waals surface area contributed by atoms with E-state index in [0.717, 1.165) is 16.0 Å². The van der Waals surface area contributed by atoms with Crippen LogP contribution in [0.15, 0.2) is 53.3 Å². The van der Waals surface area contributed by atoms with Crippen LogP contribution >= 0.6 is 11.3 Å². The average molecular weight is 328 g/mol. The molecule has 2 aromatic carbocycles. The first-order valence-electron chi connectivity index (χ1n) is 7.19. The lowest BCUT2D eigenvalue weighted by Gasteiger charge is -2.07. The molecule has 0 bridgehead atoms. The fourth-order valence-corrected chi connectivity index (χ4v) is 3.25. The van der Waals surface area contributed by atoms with Gasteiger partial charge in [-0.2, -0.15) is 0 Å². The highest BCUT2D eigenvalue weighted by atomic mass is 32.1. The second kappa shape index (κ2) is 6.66. The van der Waals surface area contributed by atoms with Crippen LogP contribution in [0.2, 0.25) is 0 Å². The number of fused-ring (bicyclic) bond motifs is 1. The summed E-state index contributed by atoms with van der Waals surface area (Å²) in [5, 5.41) is 2.82. The fourth-order valence-electron chi connectivity index (χ4n) is 2.34. The van der Waals surface area contributed by atoms with E-state index < -0.39 is 0 Å². The normalized spacial score (nSPS) is 10.7. The summed E-state index contributed by atoms with van der Waals surface area (Å²) in [7, 11) is 1.59. The summed E-state index contributed by atoms with van der Waals surface area (Å²) in [6.45, 7) is 0.366. The van der Waals surface area contributed by atoms with Gasteiger partial charge in [-0.05, 0) is 36.4 Å². The Morgan fingerprint density at radius 1 is 1.17 bits per heavy atom. The van der Waals surface area contributed by atoms with Crippen molar-refractivity contribution >= 4 is 33.1 Å². The number of benzene rings is 2. The van der Waals surface area contributed by atoms with E-state index in [1.165, 1.54) is 11.3 Å². The van der Waals surface area contributed by atoms with E-state index in [4.69, 9.17) is 4.74 Å². The maximum absolute atomic E-state index is 12.1. The molecule has 3 aromatic rings. The Bertz CT molecular complexity index is 881. The first-order valence-corrected chi connectivity index (χ1v) is 8.01. The van der Waals surface area contributed by atoms with Crippen molar-refractivity contribution in [3.05, 3.63) is 58.2 Å². The Morgan fingerprint density at radius 2 is 1.91 bits per heavy atom. The number of rotatable bonds is 5. The smallest absolute Gasteiger partial charge is 0.308 e. The lowest BCUT2D eigenvalue weighted by molar-refractivity contribution is -0.116. The third-order valence-corrected chi connectivity index (χ3v) is 4.47. The molecule has 0 aliphatic rings. The van der Waals surface area contributed by atoms with Crippen LogP contribution in [0.1, 0.15) is 6.42 Å². The molecule has 118 valence electrons. The van der Waals surface area contributed by atoms with Gasteiger partial charge in [-0.25, -0.2) is 0 Å². The van der Waals surface area contributed by atoms with Crippen molar-refractivity contribution in [1.82, 2.24) is 4.57 Å². The van der Waals surface area contributed by atoms with E-state index in [2.05, 4.69) is 5.32 Å². The van der Waals surface area contributed by atoms with E-state index in [1.54, 1.807) is 35.9 Å². The van der Waals surface area contributed by atoms with Crippen LogP contribution < -0.4 is 14.9 Å². The molecular weight excluding hydrogens is 312 g/mol. The minimum Gasteiger partial charge on any atom is -0.497 e. The molecule has 0 aliphatic carbocycles. The Kier molecular flexibility index (Phi) is 4.43. The molecule has 3 rings (SSSR count). The number of aromatic nitrogens is 1. The molecule has 0 radical (unpaired) electrons. The summed E-state index contributed by atoms with van der Waals surface area (Å²) >= 11 is 1.20. The van der Waals surface area contributed by atoms with Crippen LogP contribution in [0, 0.1) is 0 Å². The number of carbonyl (C=O) groups excluding carboxylic acids is 1. The quantitative estimate of drug-likeness (QED) is 0.783. The topological polar surface area (TPSA) is 60.3 Å². The lowest BCUT2D eigenvalue weighted by Crippen LogP contribution is -2.19. The fraction of sp³-hybridized carbons (Fsp3) is 0.176. The number of methoxy groups -OCH3 is 1. The number of carbonyl (C=O) groups is 1. The van der Waals surface area contributed by atoms with Gasteiger partial charge in [0.15, 0.2) is 0 Å². The summed E-state index contributed by atoms with van der Waals surface area (Å²) in [5.74, 6) is 0.608. The molecule has 0 atom stereocenters. The lowest BCUT2D eigenvalue weighted by atomic mass is 10.3. The van der Waals surface area contributed by atoms with Crippen LogP contribution in [0.5, 0.6) is 5.75 Å². The van der Waals surface area contributed by atoms with E-state index in [1.807, 2.05) is 24.3 Å². The van der Waals surface area contributed by atoms with Gasteiger partial charge in [0.25, 0.3) is 0 Å². The van der Waals surface area contributed by atoms with Crippen LogP contribution in [0.3, 0.4) is 0 Å². The van der Waals surface area contributed by atoms with E-state index >= 15 is 0 Å². The zero-order valence-corrected chi connectivity index (χ0v) is 13.4. The van der Waals surface area contributed by atoms with Gasteiger partial charge in [-0.3, -0.25) is 14.2 Å². The van der Waals surface area contributed by atoms with Crippen molar-refractivity contribution in [2.24, 2.45) is 0 Å². The number of nitrogens with zero attached hydrogens (tertiary/aromatic N) is 1. The second-order valence-electron chi connectivity index (χ2n) is 5.01. The largest absolute Gasteiger partial charge is 0.497 e.